The summed E-state index contributed by atoms with van der Waals surface area (Å²) in [6, 6.07) is 4.63. The fourth-order valence-electron chi connectivity index (χ4n) is 1.24. The van der Waals surface area contributed by atoms with Crippen LogP contribution in [-0.4, -0.2) is 9.97 Å². The molecule has 0 fully saturated rings. The van der Waals surface area contributed by atoms with Crippen molar-refractivity contribution in [3.05, 3.63) is 29.0 Å². The van der Waals surface area contributed by atoms with Gasteiger partial charge in [0.05, 0.1) is 5.52 Å². The number of nitrogens with zero attached hydrogens (tertiary/aromatic N) is 2. The van der Waals surface area contributed by atoms with E-state index in [4.69, 9.17) is 17.3 Å². The molecule has 2 rings (SSSR count). The Labute approximate surface area is 88.9 Å². The van der Waals surface area contributed by atoms with Gasteiger partial charge < -0.3 is 5.73 Å². The second kappa shape index (κ2) is 3.58. The highest BCUT2D eigenvalue weighted by Gasteiger charge is 2.13. The molecule has 0 bridgehead atoms. The van der Waals surface area contributed by atoms with Gasteiger partial charge in [-0.2, -0.15) is 0 Å². The molecule has 3 nitrogen and oxygen atoms in total. The Morgan fingerprint density at radius 2 is 2.00 bits per heavy atom. The molecule has 1 aromatic carbocycles. The van der Waals surface area contributed by atoms with Crippen LogP contribution in [-0.2, 0) is 0 Å². The van der Waals surface area contributed by atoms with Crippen LogP contribution in [0, 0.1) is 0 Å². The van der Waals surface area contributed by atoms with Crippen molar-refractivity contribution in [1.82, 2.24) is 9.97 Å². The summed E-state index contributed by atoms with van der Waals surface area (Å²) in [5.41, 5.74) is 5.88. The van der Waals surface area contributed by atoms with Crippen molar-refractivity contribution in [3.63, 3.8) is 0 Å². The lowest BCUT2D eigenvalue weighted by molar-refractivity contribution is 0.141. The summed E-state index contributed by atoms with van der Waals surface area (Å²) in [7, 11) is 0. The number of nitrogen functional groups attached to an aromatic ring is 1. The molecular weight excluding hydrogens is 224 g/mol. The van der Waals surface area contributed by atoms with Crippen molar-refractivity contribution >= 4 is 28.3 Å². The Kier molecular flexibility index (Phi) is 2.40. The van der Waals surface area contributed by atoms with Gasteiger partial charge in [0.25, 0.3) is 6.43 Å². The van der Waals surface area contributed by atoms with E-state index in [1.807, 2.05) is 0 Å². The van der Waals surface area contributed by atoms with Gasteiger partial charge in [-0.1, -0.05) is 11.6 Å². The van der Waals surface area contributed by atoms with Crippen LogP contribution in [0.5, 0.6) is 0 Å². The number of rotatable bonds is 1. The molecule has 0 spiro atoms. The average Bonchev–Trinajstić information content (AvgIpc) is 2.18. The minimum Gasteiger partial charge on any atom is -0.383 e. The average molecular weight is 230 g/mol. The Balaban J connectivity index is 2.73. The summed E-state index contributed by atoms with van der Waals surface area (Å²) < 4.78 is 24.7. The Bertz CT molecular complexity index is 516. The SMILES string of the molecule is Nc1nc(C(F)F)nc2ccc(Cl)cc12. The number of hydrogen-bond acceptors (Lipinski definition) is 3. The number of hydrogen-bond donors (Lipinski definition) is 1. The molecule has 15 heavy (non-hydrogen) atoms. The van der Waals surface area contributed by atoms with Crippen molar-refractivity contribution < 1.29 is 8.78 Å². The van der Waals surface area contributed by atoms with Gasteiger partial charge in [-0.05, 0) is 18.2 Å². The number of halogens is 3. The second-order valence-electron chi connectivity index (χ2n) is 2.93. The van der Waals surface area contributed by atoms with E-state index in [1.165, 1.54) is 6.07 Å². The lowest BCUT2D eigenvalue weighted by Gasteiger charge is -2.04. The zero-order chi connectivity index (χ0) is 11.0. The number of benzene rings is 1. The smallest absolute Gasteiger partial charge is 0.297 e. The molecule has 0 aliphatic carbocycles. The summed E-state index contributed by atoms with van der Waals surface area (Å²) in [5.74, 6) is -0.555. The summed E-state index contributed by atoms with van der Waals surface area (Å²) in [4.78, 5) is 7.18. The van der Waals surface area contributed by atoms with E-state index >= 15 is 0 Å². The van der Waals surface area contributed by atoms with Crippen molar-refractivity contribution in [3.8, 4) is 0 Å². The molecule has 0 atom stereocenters. The predicted molar refractivity (Wildman–Crippen MR) is 53.9 cm³/mol. The molecule has 0 saturated carbocycles. The number of alkyl halides is 2. The van der Waals surface area contributed by atoms with Crippen LogP contribution in [0.2, 0.25) is 5.02 Å². The third kappa shape index (κ3) is 1.83. The Morgan fingerprint density at radius 3 is 2.67 bits per heavy atom. The molecule has 2 N–H and O–H groups in total. The summed E-state index contributed by atoms with van der Waals surface area (Å²) in [6.07, 6.45) is -2.73. The predicted octanol–water partition coefficient (Wildman–Crippen LogP) is 2.80. The van der Waals surface area contributed by atoms with Gasteiger partial charge >= 0.3 is 0 Å². The maximum atomic E-state index is 12.3. The van der Waals surface area contributed by atoms with Gasteiger partial charge in [0.15, 0.2) is 5.82 Å². The summed E-state index contributed by atoms with van der Waals surface area (Å²) in [5, 5.41) is 0.939. The van der Waals surface area contributed by atoms with Gasteiger partial charge in [0.1, 0.15) is 5.82 Å². The van der Waals surface area contributed by atoms with E-state index in [0.29, 0.717) is 15.9 Å². The maximum Gasteiger partial charge on any atom is 0.297 e. The van der Waals surface area contributed by atoms with Gasteiger partial charge in [0, 0.05) is 10.4 Å². The third-order valence-corrected chi connectivity index (χ3v) is 2.13. The molecule has 0 amide bonds. The van der Waals surface area contributed by atoms with Gasteiger partial charge in [0.2, 0.25) is 0 Å². The third-order valence-electron chi connectivity index (χ3n) is 1.90. The molecule has 0 radical (unpaired) electrons. The molecular formula is C9H6ClF2N3. The fourth-order valence-corrected chi connectivity index (χ4v) is 1.41. The van der Waals surface area contributed by atoms with E-state index in [-0.39, 0.29) is 5.82 Å². The Hall–Kier alpha value is -1.49. The highest BCUT2D eigenvalue weighted by molar-refractivity contribution is 6.31. The van der Waals surface area contributed by atoms with Crippen LogP contribution in [0.15, 0.2) is 18.2 Å². The molecule has 1 heterocycles. The normalized spacial score (nSPS) is 11.2. The zero-order valence-electron chi connectivity index (χ0n) is 7.42. The first-order valence-electron chi connectivity index (χ1n) is 4.09. The van der Waals surface area contributed by atoms with Crippen LogP contribution in [0.1, 0.15) is 12.2 Å². The topological polar surface area (TPSA) is 51.8 Å². The molecule has 2 aromatic rings. The van der Waals surface area contributed by atoms with Crippen LogP contribution in [0.4, 0.5) is 14.6 Å². The van der Waals surface area contributed by atoms with Gasteiger partial charge in [-0.15, -0.1) is 0 Å². The van der Waals surface area contributed by atoms with E-state index in [1.54, 1.807) is 12.1 Å². The highest BCUT2D eigenvalue weighted by atomic mass is 35.5. The maximum absolute atomic E-state index is 12.3. The lowest BCUT2D eigenvalue weighted by atomic mass is 10.2. The lowest BCUT2D eigenvalue weighted by Crippen LogP contribution is -2.01. The number of fused-ring (bicyclic) bond motifs is 1. The largest absolute Gasteiger partial charge is 0.383 e. The Morgan fingerprint density at radius 1 is 1.27 bits per heavy atom. The van der Waals surface area contributed by atoms with Crippen LogP contribution >= 0.6 is 11.6 Å². The monoisotopic (exact) mass is 229 g/mol. The molecule has 78 valence electrons. The van der Waals surface area contributed by atoms with Crippen LogP contribution < -0.4 is 5.73 Å². The summed E-state index contributed by atoms with van der Waals surface area (Å²) >= 11 is 5.73. The van der Waals surface area contributed by atoms with Crippen molar-refractivity contribution in [2.45, 2.75) is 6.43 Å². The first kappa shape index (κ1) is 10.0. The van der Waals surface area contributed by atoms with Crippen molar-refractivity contribution in [2.75, 3.05) is 5.73 Å². The zero-order valence-corrected chi connectivity index (χ0v) is 8.17. The minimum absolute atomic E-state index is 0.0119. The highest BCUT2D eigenvalue weighted by Crippen LogP contribution is 2.24. The summed E-state index contributed by atoms with van der Waals surface area (Å²) in [6.45, 7) is 0. The molecule has 0 unspecified atom stereocenters. The van der Waals surface area contributed by atoms with E-state index in [0.717, 1.165) is 0 Å². The minimum atomic E-state index is -2.73. The second-order valence-corrected chi connectivity index (χ2v) is 3.37. The number of anilines is 1. The van der Waals surface area contributed by atoms with Crippen molar-refractivity contribution in [1.29, 1.82) is 0 Å². The molecule has 0 aliphatic heterocycles. The van der Waals surface area contributed by atoms with Crippen LogP contribution in [0.25, 0.3) is 10.9 Å². The van der Waals surface area contributed by atoms with Crippen LogP contribution in [0.3, 0.4) is 0 Å². The molecule has 1 aromatic heterocycles. The standard InChI is InChI=1S/C9H6ClF2N3/c10-4-1-2-6-5(3-4)8(13)15-9(14-6)7(11)12/h1-3,7H,(H2,13,14,15). The van der Waals surface area contributed by atoms with E-state index in [9.17, 15) is 8.78 Å². The van der Waals surface area contributed by atoms with Gasteiger partial charge in [-0.25, -0.2) is 18.7 Å². The number of aromatic nitrogens is 2. The van der Waals surface area contributed by atoms with Gasteiger partial charge in [-0.3, -0.25) is 0 Å². The number of nitrogens with two attached hydrogens (primary N) is 1. The first-order chi connectivity index (χ1) is 7.08. The quantitative estimate of drug-likeness (QED) is 0.818. The molecule has 0 aliphatic rings. The van der Waals surface area contributed by atoms with E-state index < -0.39 is 12.2 Å². The first-order valence-corrected chi connectivity index (χ1v) is 4.46. The van der Waals surface area contributed by atoms with Crippen molar-refractivity contribution in [2.24, 2.45) is 0 Å². The fraction of sp³-hybridized carbons (Fsp3) is 0.111. The van der Waals surface area contributed by atoms with E-state index in [2.05, 4.69) is 9.97 Å². The molecule has 0 saturated heterocycles. The molecule has 6 heteroatoms.